The zero-order valence-electron chi connectivity index (χ0n) is 14.9. The van der Waals surface area contributed by atoms with Crippen LogP contribution in [0.4, 0.5) is 0 Å². The number of thioether (sulfide) groups is 1. The summed E-state index contributed by atoms with van der Waals surface area (Å²) in [6, 6.07) is 8.74. The molecule has 1 saturated heterocycles. The van der Waals surface area contributed by atoms with E-state index in [2.05, 4.69) is 42.1 Å². The van der Waals surface area contributed by atoms with Crippen LogP contribution in [0.2, 0.25) is 0 Å². The van der Waals surface area contributed by atoms with Gasteiger partial charge in [0.1, 0.15) is 7.85 Å². The standard InChI is InChI=1S/C19H28BN3S/c1-4-15(2)22-19(24-3)21-13-18-7-5-6-12-23(18)14-16-8-10-17(20)11-9-16/h8-11,18H,2,4-7,12-14H2,1,3H3,(H,21,22). The monoisotopic (exact) mass is 341 g/mol. The van der Waals surface area contributed by atoms with E-state index in [1.165, 1.54) is 24.8 Å². The molecule has 1 aliphatic heterocycles. The summed E-state index contributed by atoms with van der Waals surface area (Å²) in [6.07, 6.45) is 6.76. The highest BCUT2D eigenvalue weighted by molar-refractivity contribution is 8.13. The molecule has 0 aliphatic carbocycles. The molecule has 1 N–H and O–H groups in total. The summed E-state index contributed by atoms with van der Waals surface area (Å²) < 4.78 is 0. The van der Waals surface area contributed by atoms with E-state index in [0.29, 0.717) is 6.04 Å². The van der Waals surface area contributed by atoms with Gasteiger partial charge in [-0.1, -0.05) is 61.4 Å². The fraction of sp³-hybridized carbons (Fsp3) is 0.526. The van der Waals surface area contributed by atoms with E-state index in [0.717, 1.165) is 42.4 Å². The van der Waals surface area contributed by atoms with Crippen molar-refractivity contribution in [1.29, 1.82) is 0 Å². The van der Waals surface area contributed by atoms with E-state index in [9.17, 15) is 0 Å². The number of hydrogen-bond donors (Lipinski definition) is 1. The molecule has 2 radical (unpaired) electrons. The predicted octanol–water partition coefficient (Wildman–Crippen LogP) is 3.07. The maximum Gasteiger partial charge on any atom is 0.160 e. The molecule has 0 saturated carbocycles. The minimum atomic E-state index is 0.509. The molecule has 1 aromatic rings. The Hall–Kier alpha value is -1.20. The number of allylic oxidation sites excluding steroid dienone is 1. The van der Waals surface area contributed by atoms with Crippen molar-refractivity contribution >= 4 is 30.2 Å². The zero-order chi connectivity index (χ0) is 17.4. The molecule has 0 aromatic heterocycles. The van der Waals surface area contributed by atoms with Gasteiger partial charge in [-0.3, -0.25) is 9.89 Å². The molecule has 0 amide bonds. The first-order valence-electron chi connectivity index (χ1n) is 8.74. The second kappa shape index (κ2) is 9.95. The van der Waals surface area contributed by atoms with Gasteiger partial charge in [0.25, 0.3) is 0 Å². The first-order valence-corrected chi connectivity index (χ1v) is 9.96. The van der Waals surface area contributed by atoms with E-state index in [4.69, 9.17) is 12.8 Å². The van der Waals surface area contributed by atoms with Crippen LogP contribution in [-0.4, -0.2) is 43.3 Å². The number of piperidine rings is 1. The molecule has 0 spiro atoms. The molecule has 2 rings (SSSR count). The Bertz CT molecular complexity index is 556. The lowest BCUT2D eigenvalue weighted by Crippen LogP contribution is -2.41. The van der Waals surface area contributed by atoms with E-state index >= 15 is 0 Å². The largest absolute Gasteiger partial charge is 0.339 e. The summed E-state index contributed by atoms with van der Waals surface area (Å²) in [5, 5.41) is 4.28. The number of nitrogens with one attached hydrogen (secondary N) is 1. The van der Waals surface area contributed by atoms with Gasteiger partial charge in [0.05, 0.1) is 6.54 Å². The average molecular weight is 341 g/mol. The van der Waals surface area contributed by atoms with Crippen LogP contribution >= 0.6 is 11.8 Å². The summed E-state index contributed by atoms with van der Waals surface area (Å²) in [6.45, 7) is 9.07. The number of hydrogen-bond acceptors (Lipinski definition) is 3. The molecular formula is C19H28BN3S. The topological polar surface area (TPSA) is 27.6 Å². The summed E-state index contributed by atoms with van der Waals surface area (Å²) in [5.74, 6) is 0. The van der Waals surface area contributed by atoms with Gasteiger partial charge < -0.3 is 5.32 Å². The summed E-state index contributed by atoms with van der Waals surface area (Å²) in [4.78, 5) is 7.37. The Balaban J connectivity index is 1.97. The third-order valence-electron chi connectivity index (χ3n) is 4.46. The van der Waals surface area contributed by atoms with Crippen molar-refractivity contribution in [2.24, 2.45) is 4.99 Å². The van der Waals surface area contributed by atoms with E-state index < -0.39 is 0 Å². The fourth-order valence-electron chi connectivity index (χ4n) is 2.92. The van der Waals surface area contributed by atoms with Gasteiger partial charge in [-0.2, -0.15) is 0 Å². The van der Waals surface area contributed by atoms with Crippen molar-refractivity contribution in [3.8, 4) is 0 Å². The SMILES string of the molecule is [B]c1ccc(CN2CCCCC2CN=C(NC(=C)CC)SC)cc1. The van der Waals surface area contributed by atoms with Crippen LogP contribution in [0, 0.1) is 0 Å². The number of aliphatic imine (C=N–C) groups is 1. The second-order valence-corrected chi connectivity index (χ2v) is 7.09. The first-order chi connectivity index (χ1) is 11.6. The maximum absolute atomic E-state index is 5.79. The lowest BCUT2D eigenvalue weighted by atomic mass is 9.95. The molecule has 1 unspecified atom stereocenters. The summed E-state index contributed by atoms with van der Waals surface area (Å²) in [7, 11) is 5.79. The van der Waals surface area contributed by atoms with Crippen molar-refractivity contribution in [3.05, 3.63) is 42.1 Å². The van der Waals surface area contributed by atoms with Crippen molar-refractivity contribution in [2.45, 2.75) is 45.2 Å². The van der Waals surface area contributed by atoms with Gasteiger partial charge in [-0.05, 0) is 37.6 Å². The summed E-state index contributed by atoms with van der Waals surface area (Å²) in [5.41, 5.74) is 3.17. The molecule has 5 heteroatoms. The van der Waals surface area contributed by atoms with Crippen LogP contribution in [0.3, 0.4) is 0 Å². The Morgan fingerprint density at radius 2 is 2.12 bits per heavy atom. The molecule has 1 fully saturated rings. The lowest BCUT2D eigenvalue weighted by Gasteiger charge is -2.35. The summed E-state index contributed by atoms with van der Waals surface area (Å²) >= 11 is 1.65. The van der Waals surface area contributed by atoms with Gasteiger partial charge in [-0.15, -0.1) is 0 Å². The third-order valence-corrected chi connectivity index (χ3v) is 5.08. The molecule has 128 valence electrons. The minimum absolute atomic E-state index is 0.509. The van der Waals surface area contributed by atoms with E-state index in [1.54, 1.807) is 11.8 Å². The van der Waals surface area contributed by atoms with Gasteiger partial charge in [-0.25, -0.2) is 0 Å². The van der Waals surface area contributed by atoms with Crippen molar-refractivity contribution in [1.82, 2.24) is 10.2 Å². The Morgan fingerprint density at radius 1 is 1.38 bits per heavy atom. The number of likely N-dealkylation sites (tertiary alicyclic amines) is 1. The van der Waals surface area contributed by atoms with Crippen LogP contribution in [-0.2, 0) is 6.54 Å². The highest BCUT2D eigenvalue weighted by atomic mass is 32.2. The lowest BCUT2D eigenvalue weighted by molar-refractivity contribution is 0.145. The highest BCUT2D eigenvalue weighted by Crippen LogP contribution is 2.20. The van der Waals surface area contributed by atoms with Gasteiger partial charge in [0.15, 0.2) is 5.17 Å². The number of nitrogens with zero attached hydrogens (tertiary/aromatic N) is 2. The fourth-order valence-corrected chi connectivity index (χ4v) is 3.37. The molecule has 0 bridgehead atoms. The molecule has 1 aliphatic rings. The molecule has 1 aromatic carbocycles. The molecule has 1 atom stereocenters. The van der Waals surface area contributed by atoms with Crippen LogP contribution in [0.15, 0.2) is 41.5 Å². The first kappa shape index (κ1) is 19.1. The predicted molar refractivity (Wildman–Crippen MR) is 108 cm³/mol. The van der Waals surface area contributed by atoms with Crippen LogP contribution in [0.1, 0.15) is 38.2 Å². The average Bonchev–Trinajstić information content (AvgIpc) is 2.61. The Kier molecular flexibility index (Phi) is 7.93. The molecule has 24 heavy (non-hydrogen) atoms. The number of rotatable bonds is 6. The Labute approximate surface area is 152 Å². The molecular weight excluding hydrogens is 313 g/mol. The maximum atomic E-state index is 5.79. The normalized spacial score (nSPS) is 19.2. The minimum Gasteiger partial charge on any atom is -0.339 e. The number of benzene rings is 1. The van der Waals surface area contributed by atoms with Crippen LogP contribution in [0.5, 0.6) is 0 Å². The van der Waals surface area contributed by atoms with Crippen molar-refractivity contribution in [3.63, 3.8) is 0 Å². The zero-order valence-corrected chi connectivity index (χ0v) is 15.7. The van der Waals surface area contributed by atoms with Crippen molar-refractivity contribution in [2.75, 3.05) is 19.3 Å². The smallest absolute Gasteiger partial charge is 0.160 e. The van der Waals surface area contributed by atoms with Gasteiger partial charge in [0, 0.05) is 18.3 Å². The van der Waals surface area contributed by atoms with E-state index in [1.807, 2.05) is 12.1 Å². The third kappa shape index (κ3) is 6.02. The second-order valence-electron chi connectivity index (χ2n) is 6.29. The quantitative estimate of drug-likeness (QED) is 0.490. The van der Waals surface area contributed by atoms with Crippen LogP contribution < -0.4 is 10.8 Å². The molecule has 1 heterocycles. The van der Waals surface area contributed by atoms with Gasteiger partial charge >= 0.3 is 0 Å². The van der Waals surface area contributed by atoms with Gasteiger partial charge in [0.2, 0.25) is 0 Å². The highest BCUT2D eigenvalue weighted by Gasteiger charge is 2.22. The van der Waals surface area contributed by atoms with E-state index in [-0.39, 0.29) is 0 Å². The number of amidine groups is 1. The Morgan fingerprint density at radius 3 is 2.79 bits per heavy atom. The molecule has 3 nitrogen and oxygen atoms in total. The van der Waals surface area contributed by atoms with Crippen molar-refractivity contribution < 1.29 is 0 Å². The van der Waals surface area contributed by atoms with Crippen LogP contribution in [0.25, 0.3) is 0 Å².